The second-order valence-electron chi connectivity index (χ2n) is 9.49. The van der Waals surface area contributed by atoms with Crippen LogP contribution < -0.4 is 16.0 Å². The summed E-state index contributed by atoms with van der Waals surface area (Å²) in [7, 11) is 0. The Labute approximate surface area is 207 Å². The van der Waals surface area contributed by atoms with Gasteiger partial charge in [0.25, 0.3) is 5.91 Å². The van der Waals surface area contributed by atoms with E-state index in [9.17, 15) is 14.0 Å². The third-order valence-corrected chi connectivity index (χ3v) is 6.65. The van der Waals surface area contributed by atoms with Crippen molar-refractivity contribution in [2.24, 2.45) is 5.92 Å². The van der Waals surface area contributed by atoms with Crippen molar-refractivity contribution in [3.63, 3.8) is 0 Å². The number of nitrogens with zero attached hydrogens (tertiary/aromatic N) is 5. The van der Waals surface area contributed by atoms with E-state index in [2.05, 4.69) is 31.0 Å². The molecule has 0 bridgehead atoms. The van der Waals surface area contributed by atoms with Crippen LogP contribution in [0.1, 0.15) is 61.9 Å². The zero-order valence-corrected chi connectivity index (χ0v) is 19.7. The maximum atomic E-state index is 14.0. The molecule has 2 saturated carbocycles. The number of amides is 1. The Morgan fingerprint density at radius 1 is 1.08 bits per heavy atom. The van der Waals surface area contributed by atoms with Crippen LogP contribution >= 0.6 is 0 Å². The predicted molar refractivity (Wildman–Crippen MR) is 131 cm³/mol. The van der Waals surface area contributed by atoms with Crippen LogP contribution in [0.15, 0.2) is 30.7 Å². The van der Waals surface area contributed by atoms with Gasteiger partial charge in [-0.1, -0.05) is 0 Å². The Kier molecular flexibility index (Phi) is 6.75. The Hall–Kier alpha value is -4.07. The molecule has 0 atom stereocenters. The van der Waals surface area contributed by atoms with Gasteiger partial charge in [-0.3, -0.25) is 14.6 Å². The van der Waals surface area contributed by atoms with Gasteiger partial charge in [0.1, 0.15) is 11.6 Å². The molecule has 3 aromatic rings. The van der Waals surface area contributed by atoms with Crippen LogP contribution in [0.3, 0.4) is 0 Å². The van der Waals surface area contributed by atoms with Crippen molar-refractivity contribution in [2.75, 3.05) is 16.0 Å². The zero-order chi connectivity index (χ0) is 25.1. The second-order valence-corrected chi connectivity index (χ2v) is 9.49. The quantitative estimate of drug-likeness (QED) is 0.410. The molecule has 186 valence electrons. The second kappa shape index (κ2) is 10.3. The molecule has 5 rings (SSSR count). The van der Waals surface area contributed by atoms with Crippen LogP contribution in [0.4, 0.5) is 21.6 Å². The highest BCUT2D eigenvalue weighted by Gasteiger charge is 2.26. The van der Waals surface area contributed by atoms with Gasteiger partial charge in [0.2, 0.25) is 0 Å². The van der Waals surface area contributed by atoms with Gasteiger partial charge >= 0.3 is 0 Å². The number of hydrogen-bond donors (Lipinski definition) is 3. The Morgan fingerprint density at radius 2 is 1.83 bits per heavy atom. The van der Waals surface area contributed by atoms with Crippen molar-refractivity contribution < 1.29 is 14.0 Å². The van der Waals surface area contributed by atoms with Crippen molar-refractivity contribution in [2.45, 2.75) is 63.5 Å². The number of anilines is 3. The van der Waals surface area contributed by atoms with Gasteiger partial charge in [-0.05, 0) is 50.5 Å². The minimum Gasteiger partial charge on any atom is -0.379 e. The number of carbonyl (C=O) groups is 2. The summed E-state index contributed by atoms with van der Waals surface area (Å²) >= 11 is 0. The zero-order valence-electron chi connectivity index (χ0n) is 19.7. The van der Waals surface area contributed by atoms with Crippen LogP contribution in [-0.4, -0.2) is 43.4 Å². The summed E-state index contributed by atoms with van der Waals surface area (Å²) < 4.78 is 15.5. The smallest absolute Gasteiger partial charge is 0.276 e. The van der Waals surface area contributed by atoms with Gasteiger partial charge in [-0.15, -0.1) is 5.10 Å². The first-order valence-electron chi connectivity index (χ1n) is 12.2. The van der Waals surface area contributed by atoms with Gasteiger partial charge < -0.3 is 16.0 Å². The van der Waals surface area contributed by atoms with Gasteiger partial charge in [0.15, 0.2) is 17.2 Å². The van der Waals surface area contributed by atoms with E-state index in [0.29, 0.717) is 29.8 Å². The summed E-state index contributed by atoms with van der Waals surface area (Å²) in [5, 5.41) is 22.9. The molecule has 36 heavy (non-hydrogen) atoms. The highest BCUT2D eigenvalue weighted by atomic mass is 19.1. The summed E-state index contributed by atoms with van der Waals surface area (Å²) in [5.41, 5.74) is 1.51. The highest BCUT2D eigenvalue weighted by molar-refractivity contribution is 6.03. The van der Waals surface area contributed by atoms with E-state index in [1.54, 1.807) is 0 Å². The lowest BCUT2D eigenvalue weighted by molar-refractivity contribution is -0.119. The van der Waals surface area contributed by atoms with E-state index in [1.165, 1.54) is 23.0 Å². The van der Waals surface area contributed by atoms with Gasteiger partial charge in [-0.25, -0.2) is 13.9 Å². The number of hydrogen-bond acceptors (Lipinski definition) is 8. The number of aromatic nitrogens is 4. The first-order valence-corrected chi connectivity index (χ1v) is 12.2. The van der Waals surface area contributed by atoms with Crippen molar-refractivity contribution in [3.05, 3.63) is 42.2 Å². The maximum Gasteiger partial charge on any atom is 0.276 e. The molecule has 0 unspecified atom stereocenters. The molecule has 1 amide bonds. The largest absolute Gasteiger partial charge is 0.379 e. The standard InChI is InChI=1S/C25H27FN8O2/c26-19-13-28-10-8-20(19)32-25(36)22-14-29-24-21(30-16-5-6-16)12-23(33-34(22)24)31-17-3-1-15(2-4-17)11-18(35)7-9-27/h8,10,12-17,30H,1-7,11H2,(H,31,33)(H,28,32,36). The molecule has 3 aromatic heterocycles. The van der Waals surface area contributed by atoms with Crippen molar-refractivity contribution in [1.82, 2.24) is 19.6 Å². The summed E-state index contributed by atoms with van der Waals surface area (Å²) in [5.74, 6) is -0.233. The molecule has 2 aliphatic carbocycles. The number of nitriles is 1. The number of fused-ring (bicyclic) bond motifs is 1. The van der Waals surface area contributed by atoms with Crippen molar-refractivity contribution in [1.29, 1.82) is 5.26 Å². The number of pyridine rings is 1. The Balaban J connectivity index is 1.34. The molecule has 2 fully saturated rings. The number of rotatable bonds is 9. The van der Waals surface area contributed by atoms with E-state index in [0.717, 1.165) is 50.4 Å². The number of halogens is 1. The maximum absolute atomic E-state index is 14.0. The van der Waals surface area contributed by atoms with Gasteiger partial charge in [-0.2, -0.15) is 5.26 Å². The molecule has 2 aliphatic rings. The average Bonchev–Trinajstić information content (AvgIpc) is 3.57. The monoisotopic (exact) mass is 490 g/mol. The number of Topliss-reactive ketones (excluding diaryl/α,β-unsaturated/α-hetero) is 1. The normalized spacial score (nSPS) is 19.4. The topological polar surface area (TPSA) is 137 Å². The van der Waals surface area contributed by atoms with E-state index < -0.39 is 11.7 Å². The first kappa shape index (κ1) is 23.7. The van der Waals surface area contributed by atoms with Crippen molar-refractivity contribution >= 4 is 34.5 Å². The lowest BCUT2D eigenvalue weighted by atomic mass is 9.83. The summed E-state index contributed by atoms with van der Waals surface area (Å²) in [6, 6.07) is 5.77. The third kappa shape index (κ3) is 5.43. The fourth-order valence-electron chi connectivity index (χ4n) is 4.61. The lowest BCUT2D eigenvalue weighted by Crippen LogP contribution is -2.28. The SMILES string of the molecule is N#CCC(=O)CC1CCC(Nc2cc(NC3CC3)c3ncc(C(=O)Nc4ccncc4F)n3n2)CC1. The summed E-state index contributed by atoms with van der Waals surface area (Å²) in [4.78, 5) is 32.9. The lowest BCUT2D eigenvalue weighted by Gasteiger charge is -2.29. The molecule has 0 aromatic carbocycles. The van der Waals surface area contributed by atoms with E-state index in [1.807, 2.05) is 12.1 Å². The van der Waals surface area contributed by atoms with Crippen LogP contribution in [0.5, 0.6) is 0 Å². The Bertz CT molecular complexity index is 1320. The van der Waals surface area contributed by atoms with Crippen LogP contribution in [0.2, 0.25) is 0 Å². The number of nitrogens with one attached hydrogen (secondary N) is 3. The molecular weight excluding hydrogens is 463 g/mol. The molecular formula is C25H27FN8O2. The minimum absolute atomic E-state index is 0.00869. The molecule has 0 aliphatic heterocycles. The average molecular weight is 491 g/mol. The fraction of sp³-hybridized carbons (Fsp3) is 0.440. The third-order valence-electron chi connectivity index (χ3n) is 6.65. The molecule has 3 N–H and O–H groups in total. The number of carbonyl (C=O) groups excluding carboxylic acids is 2. The minimum atomic E-state index is -0.629. The Morgan fingerprint density at radius 3 is 2.56 bits per heavy atom. The van der Waals surface area contributed by atoms with Crippen LogP contribution in [-0.2, 0) is 4.79 Å². The summed E-state index contributed by atoms with van der Waals surface area (Å²) in [6.07, 6.45) is 10.0. The summed E-state index contributed by atoms with van der Waals surface area (Å²) in [6.45, 7) is 0. The number of ketones is 1. The van der Waals surface area contributed by atoms with Crippen molar-refractivity contribution in [3.8, 4) is 6.07 Å². The van der Waals surface area contributed by atoms with Crippen LogP contribution in [0.25, 0.3) is 5.65 Å². The molecule has 3 heterocycles. The molecule has 0 radical (unpaired) electrons. The molecule has 10 nitrogen and oxygen atoms in total. The molecule has 0 spiro atoms. The van der Waals surface area contributed by atoms with E-state index in [-0.39, 0.29) is 29.6 Å². The predicted octanol–water partition coefficient (Wildman–Crippen LogP) is 3.93. The molecule has 11 heteroatoms. The highest BCUT2D eigenvalue weighted by Crippen LogP contribution is 2.32. The van der Waals surface area contributed by atoms with Crippen LogP contribution in [0, 0.1) is 23.1 Å². The van der Waals surface area contributed by atoms with Gasteiger partial charge in [0, 0.05) is 30.8 Å². The number of imidazole rings is 1. The first-order chi connectivity index (χ1) is 17.5. The van der Waals surface area contributed by atoms with E-state index >= 15 is 0 Å². The fourth-order valence-corrected chi connectivity index (χ4v) is 4.61. The molecule has 0 saturated heterocycles. The van der Waals surface area contributed by atoms with E-state index in [4.69, 9.17) is 5.26 Å². The van der Waals surface area contributed by atoms with Gasteiger partial charge in [0.05, 0.1) is 36.3 Å².